The standard InChI is InChI=1S/C14H23NO3/c1-3-6-15-10(2)14(18)11-4-5-12(8-16)13(7-11)9-17/h4-5,7,10,14-18H,3,6,8-9H2,1-2H3. The molecular weight excluding hydrogens is 230 g/mol. The third kappa shape index (κ3) is 3.78. The van der Waals surface area contributed by atoms with Crippen LogP contribution in [0.2, 0.25) is 0 Å². The van der Waals surface area contributed by atoms with Gasteiger partial charge in [0.1, 0.15) is 0 Å². The van der Waals surface area contributed by atoms with Crippen LogP contribution < -0.4 is 5.32 Å². The summed E-state index contributed by atoms with van der Waals surface area (Å²) in [5.74, 6) is 0. The van der Waals surface area contributed by atoms with Gasteiger partial charge < -0.3 is 20.6 Å². The van der Waals surface area contributed by atoms with E-state index in [0.29, 0.717) is 11.1 Å². The van der Waals surface area contributed by atoms with E-state index in [4.69, 9.17) is 5.11 Å². The maximum Gasteiger partial charge on any atom is 0.0940 e. The molecule has 0 aliphatic rings. The summed E-state index contributed by atoms with van der Waals surface area (Å²) < 4.78 is 0. The lowest BCUT2D eigenvalue weighted by molar-refractivity contribution is 0.136. The van der Waals surface area contributed by atoms with Crippen LogP contribution in [0.4, 0.5) is 0 Å². The molecule has 0 aliphatic heterocycles. The summed E-state index contributed by atoms with van der Waals surface area (Å²) in [6.07, 6.45) is 0.400. The zero-order chi connectivity index (χ0) is 13.5. The lowest BCUT2D eigenvalue weighted by Crippen LogP contribution is -2.32. The van der Waals surface area contributed by atoms with Crippen LogP contribution in [0.1, 0.15) is 43.1 Å². The Morgan fingerprint density at radius 3 is 2.39 bits per heavy atom. The van der Waals surface area contributed by atoms with Gasteiger partial charge in [0.05, 0.1) is 19.3 Å². The molecule has 0 aromatic heterocycles. The van der Waals surface area contributed by atoms with E-state index in [1.54, 1.807) is 18.2 Å². The molecule has 0 aliphatic carbocycles. The smallest absolute Gasteiger partial charge is 0.0940 e. The molecule has 0 heterocycles. The van der Waals surface area contributed by atoms with Crippen molar-refractivity contribution in [1.29, 1.82) is 0 Å². The van der Waals surface area contributed by atoms with Gasteiger partial charge in [0.15, 0.2) is 0 Å². The molecule has 0 amide bonds. The molecule has 2 unspecified atom stereocenters. The molecule has 1 rings (SSSR count). The van der Waals surface area contributed by atoms with E-state index < -0.39 is 6.10 Å². The third-order valence-electron chi connectivity index (χ3n) is 3.10. The largest absolute Gasteiger partial charge is 0.392 e. The molecule has 18 heavy (non-hydrogen) atoms. The molecule has 4 nitrogen and oxygen atoms in total. The average molecular weight is 253 g/mol. The van der Waals surface area contributed by atoms with Crippen LogP contribution in [-0.2, 0) is 13.2 Å². The Hall–Kier alpha value is -0.940. The number of nitrogens with one attached hydrogen (secondary N) is 1. The third-order valence-corrected chi connectivity index (χ3v) is 3.10. The van der Waals surface area contributed by atoms with Crippen molar-refractivity contribution in [3.63, 3.8) is 0 Å². The second-order valence-electron chi connectivity index (χ2n) is 4.53. The van der Waals surface area contributed by atoms with Crippen LogP contribution in [0, 0.1) is 0 Å². The van der Waals surface area contributed by atoms with Crippen molar-refractivity contribution in [2.24, 2.45) is 0 Å². The van der Waals surface area contributed by atoms with Crippen LogP contribution in [-0.4, -0.2) is 27.9 Å². The summed E-state index contributed by atoms with van der Waals surface area (Å²) in [5, 5.41) is 31.8. The van der Waals surface area contributed by atoms with Crippen LogP contribution in [0.3, 0.4) is 0 Å². The minimum absolute atomic E-state index is 0.0449. The van der Waals surface area contributed by atoms with Crippen molar-refractivity contribution >= 4 is 0 Å². The minimum Gasteiger partial charge on any atom is -0.392 e. The van der Waals surface area contributed by atoms with Crippen LogP contribution >= 0.6 is 0 Å². The van der Waals surface area contributed by atoms with Gasteiger partial charge in [-0.3, -0.25) is 0 Å². The van der Waals surface area contributed by atoms with E-state index in [0.717, 1.165) is 18.5 Å². The van der Waals surface area contributed by atoms with E-state index in [9.17, 15) is 10.2 Å². The summed E-state index contributed by atoms with van der Waals surface area (Å²) in [6, 6.07) is 5.24. The van der Waals surface area contributed by atoms with Gasteiger partial charge in [-0.2, -0.15) is 0 Å². The molecule has 0 saturated heterocycles. The molecule has 0 fully saturated rings. The molecule has 1 aromatic rings. The minimum atomic E-state index is -0.616. The molecule has 0 bridgehead atoms. The Labute approximate surface area is 108 Å². The number of aliphatic hydroxyl groups excluding tert-OH is 3. The van der Waals surface area contributed by atoms with E-state index in [1.807, 2.05) is 6.92 Å². The van der Waals surface area contributed by atoms with Crippen molar-refractivity contribution in [3.8, 4) is 0 Å². The Morgan fingerprint density at radius 1 is 1.17 bits per heavy atom. The molecule has 0 radical (unpaired) electrons. The van der Waals surface area contributed by atoms with Gasteiger partial charge in [-0.1, -0.05) is 25.1 Å². The number of benzene rings is 1. The zero-order valence-corrected chi connectivity index (χ0v) is 11.1. The van der Waals surface area contributed by atoms with E-state index in [1.165, 1.54) is 0 Å². The van der Waals surface area contributed by atoms with Crippen LogP contribution in [0.15, 0.2) is 18.2 Å². The molecule has 1 aromatic carbocycles. The first-order chi connectivity index (χ1) is 8.63. The lowest BCUT2D eigenvalue weighted by Gasteiger charge is -2.21. The van der Waals surface area contributed by atoms with Crippen LogP contribution in [0.25, 0.3) is 0 Å². The van der Waals surface area contributed by atoms with Gasteiger partial charge in [0.25, 0.3) is 0 Å². The quantitative estimate of drug-likeness (QED) is 0.587. The van der Waals surface area contributed by atoms with Gasteiger partial charge >= 0.3 is 0 Å². The number of hydrogen-bond donors (Lipinski definition) is 4. The summed E-state index contributed by atoms with van der Waals surface area (Å²) in [4.78, 5) is 0. The fourth-order valence-electron chi connectivity index (χ4n) is 1.90. The maximum absolute atomic E-state index is 10.2. The average Bonchev–Trinajstić information content (AvgIpc) is 2.42. The number of rotatable bonds is 7. The van der Waals surface area contributed by atoms with Crippen molar-refractivity contribution in [3.05, 3.63) is 34.9 Å². The number of hydrogen-bond acceptors (Lipinski definition) is 4. The summed E-state index contributed by atoms with van der Waals surface area (Å²) >= 11 is 0. The second-order valence-corrected chi connectivity index (χ2v) is 4.53. The normalized spacial score (nSPS) is 14.5. The first-order valence-electron chi connectivity index (χ1n) is 6.38. The van der Waals surface area contributed by atoms with Crippen molar-refractivity contribution in [2.75, 3.05) is 6.54 Å². The van der Waals surface area contributed by atoms with Crippen molar-refractivity contribution in [2.45, 2.75) is 45.6 Å². The highest BCUT2D eigenvalue weighted by molar-refractivity contribution is 5.32. The molecule has 2 atom stereocenters. The maximum atomic E-state index is 10.2. The van der Waals surface area contributed by atoms with Gasteiger partial charge in [-0.05, 0) is 36.6 Å². The SMILES string of the molecule is CCCNC(C)C(O)c1ccc(CO)c(CO)c1. The molecule has 0 spiro atoms. The topological polar surface area (TPSA) is 72.7 Å². The van der Waals surface area contributed by atoms with Gasteiger partial charge in [-0.25, -0.2) is 0 Å². The Morgan fingerprint density at radius 2 is 1.83 bits per heavy atom. The predicted octanol–water partition coefficient (Wildman–Crippen LogP) is 1.09. The van der Waals surface area contributed by atoms with Crippen molar-refractivity contribution < 1.29 is 15.3 Å². The van der Waals surface area contributed by atoms with E-state index in [-0.39, 0.29) is 19.3 Å². The van der Waals surface area contributed by atoms with Crippen molar-refractivity contribution in [1.82, 2.24) is 5.32 Å². The highest BCUT2D eigenvalue weighted by Crippen LogP contribution is 2.21. The zero-order valence-electron chi connectivity index (χ0n) is 11.1. The van der Waals surface area contributed by atoms with E-state index in [2.05, 4.69) is 12.2 Å². The fraction of sp³-hybridized carbons (Fsp3) is 0.571. The highest BCUT2D eigenvalue weighted by atomic mass is 16.3. The molecule has 0 saturated carbocycles. The molecule has 4 heteroatoms. The number of aliphatic hydroxyl groups is 3. The summed E-state index contributed by atoms with van der Waals surface area (Å²) in [7, 11) is 0. The van der Waals surface area contributed by atoms with Gasteiger partial charge in [-0.15, -0.1) is 0 Å². The van der Waals surface area contributed by atoms with Crippen LogP contribution in [0.5, 0.6) is 0 Å². The Kier molecular flexibility index (Phi) is 6.29. The van der Waals surface area contributed by atoms with Gasteiger partial charge in [0.2, 0.25) is 0 Å². The first-order valence-corrected chi connectivity index (χ1v) is 6.38. The fourth-order valence-corrected chi connectivity index (χ4v) is 1.90. The summed E-state index contributed by atoms with van der Waals surface area (Å²) in [5.41, 5.74) is 2.12. The highest BCUT2D eigenvalue weighted by Gasteiger charge is 2.16. The van der Waals surface area contributed by atoms with E-state index >= 15 is 0 Å². The molecular formula is C14H23NO3. The predicted molar refractivity (Wildman–Crippen MR) is 71.0 cm³/mol. The molecule has 4 N–H and O–H groups in total. The molecule has 102 valence electrons. The summed E-state index contributed by atoms with van der Waals surface area (Å²) in [6.45, 7) is 4.63. The monoisotopic (exact) mass is 253 g/mol. The Balaban J connectivity index is 2.82. The Bertz CT molecular complexity index is 368. The van der Waals surface area contributed by atoms with Gasteiger partial charge in [0, 0.05) is 6.04 Å². The first kappa shape index (κ1) is 15.1. The lowest BCUT2D eigenvalue weighted by atomic mass is 9.98. The second kappa shape index (κ2) is 7.48.